The molecule has 1 heterocycles. The van der Waals surface area contributed by atoms with Crippen LogP contribution in [0.1, 0.15) is 5.56 Å². The van der Waals surface area contributed by atoms with Crippen molar-refractivity contribution in [2.75, 3.05) is 19.0 Å². The number of carbonyl (C=O) groups is 3. The van der Waals surface area contributed by atoms with E-state index in [2.05, 4.69) is 5.32 Å². The second-order valence-corrected chi connectivity index (χ2v) is 9.75. The summed E-state index contributed by atoms with van der Waals surface area (Å²) in [4.78, 5) is 40.8. The molecule has 1 aliphatic heterocycles. The normalized spacial score (nSPS) is 14.5. The van der Waals surface area contributed by atoms with Crippen molar-refractivity contribution in [3.05, 3.63) is 88.3 Å². The monoisotopic (exact) mass is 510 g/mol. The Kier molecular flexibility index (Phi) is 7.62. The van der Waals surface area contributed by atoms with Gasteiger partial charge in [-0.2, -0.15) is 0 Å². The number of rotatable bonds is 7. The van der Waals surface area contributed by atoms with Crippen molar-refractivity contribution in [2.24, 2.45) is 0 Å². The highest BCUT2D eigenvalue weighted by Gasteiger charge is 2.36. The van der Waals surface area contributed by atoms with Gasteiger partial charge in [0.15, 0.2) is 0 Å². The SMILES string of the molecule is COc1ccc(NC(=O)CN2C(=O)S/C(=C\c3ccc(Sc4ccc(Cl)cc4)cc3)C2=O)cc1. The Bertz CT molecular complexity index is 1240. The number of nitrogens with one attached hydrogen (secondary N) is 1. The average molecular weight is 511 g/mol. The Morgan fingerprint density at radius 2 is 1.62 bits per heavy atom. The van der Waals surface area contributed by atoms with Crippen LogP contribution in [0.2, 0.25) is 5.02 Å². The van der Waals surface area contributed by atoms with Crippen LogP contribution >= 0.6 is 35.1 Å². The van der Waals surface area contributed by atoms with Crippen molar-refractivity contribution < 1.29 is 19.1 Å². The van der Waals surface area contributed by atoms with Crippen LogP contribution in [0.25, 0.3) is 6.08 Å². The molecule has 3 aromatic carbocycles. The third-order valence-electron chi connectivity index (χ3n) is 4.78. The van der Waals surface area contributed by atoms with Crippen molar-refractivity contribution >= 4 is 63.9 Å². The van der Waals surface area contributed by atoms with Crippen LogP contribution in [0.15, 0.2) is 87.5 Å². The van der Waals surface area contributed by atoms with Gasteiger partial charge < -0.3 is 10.1 Å². The summed E-state index contributed by atoms with van der Waals surface area (Å²) < 4.78 is 5.08. The molecule has 3 aromatic rings. The lowest BCUT2D eigenvalue weighted by molar-refractivity contribution is -0.127. The molecule has 0 aromatic heterocycles. The predicted molar refractivity (Wildman–Crippen MR) is 136 cm³/mol. The third kappa shape index (κ3) is 6.02. The topological polar surface area (TPSA) is 75.7 Å². The zero-order valence-corrected chi connectivity index (χ0v) is 20.4. The number of thioether (sulfide) groups is 1. The van der Waals surface area contributed by atoms with Crippen LogP contribution in [0.4, 0.5) is 10.5 Å². The lowest BCUT2D eigenvalue weighted by Gasteiger charge is -2.12. The van der Waals surface area contributed by atoms with Gasteiger partial charge in [-0.3, -0.25) is 19.3 Å². The molecule has 1 N–H and O–H groups in total. The van der Waals surface area contributed by atoms with Gasteiger partial charge in [0, 0.05) is 20.5 Å². The summed E-state index contributed by atoms with van der Waals surface area (Å²) in [5.41, 5.74) is 1.33. The van der Waals surface area contributed by atoms with Crippen LogP contribution < -0.4 is 10.1 Å². The average Bonchev–Trinajstić information content (AvgIpc) is 3.09. The molecule has 0 bridgehead atoms. The number of methoxy groups -OCH3 is 1. The van der Waals surface area contributed by atoms with E-state index in [0.29, 0.717) is 16.5 Å². The van der Waals surface area contributed by atoms with Crippen LogP contribution in [-0.4, -0.2) is 35.6 Å². The minimum atomic E-state index is -0.487. The second kappa shape index (κ2) is 10.8. The number of benzene rings is 3. The van der Waals surface area contributed by atoms with Gasteiger partial charge in [0.2, 0.25) is 5.91 Å². The first-order valence-corrected chi connectivity index (χ1v) is 12.1. The van der Waals surface area contributed by atoms with Gasteiger partial charge >= 0.3 is 0 Å². The fraction of sp³-hybridized carbons (Fsp3) is 0.0800. The third-order valence-corrected chi connectivity index (χ3v) is 6.95. The quantitative estimate of drug-likeness (QED) is 0.383. The maximum Gasteiger partial charge on any atom is 0.294 e. The number of hydrogen-bond acceptors (Lipinski definition) is 6. The zero-order valence-electron chi connectivity index (χ0n) is 18.0. The second-order valence-electron chi connectivity index (χ2n) is 7.17. The zero-order chi connectivity index (χ0) is 24.1. The summed E-state index contributed by atoms with van der Waals surface area (Å²) >= 11 is 8.34. The predicted octanol–water partition coefficient (Wildman–Crippen LogP) is 6.17. The Hall–Kier alpha value is -3.20. The Morgan fingerprint density at radius 3 is 2.24 bits per heavy atom. The minimum Gasteiger partial charge on any atom is -0.497 e. The van der Waals surface area contributed by atoms with Crippen LogP contribution in [0, 0.1) is 0 Å². The first kappa shape index (κ1) is 23.9. The van der Waals surface area contributed by atoms with Crippen LogP contribution in [0.3, 0.4) is 0 Å². The highest BCUT2D eigenvalue weighted by Crippen LogP contribution is 2.33. The van der Waals surface area contributed by atoms with E-state index >= 15 is 0 Å². The summed E-state index contributed by atoms with van der Waals surface area (Å²) in [7, 11) is 1.55. The molecule has 0 aliphatic carbocycles. The molecular weight excluding hydrogens is 492 g/mol. The summed E-state index contributed by atoms with van der Waals surface area (Å²) in [6.45, 7) is -0.356. The van der Waals surface area contributed by atoms with Gasteiger partial charge in [-0.1, -0.05) is 35.5 Å². The van der Waals surface area contributed by atoms with Crippen LogP contribution in [0.5, 0.6) is 5.75 Å². The van der Waals surface area contributed by atoms with Crippen molar-refractivity contribution in [3.63, 3.8) is 0 Å². The molecule has 0 atom stereocenters. The molecular formula is C25H19ClN2O4S2. The van der Waals surface area contributed by atoms with E-state index in [4.69, 9.17) is 16.3 Å². The number of ether oxygens (including phenoxy) is 1. The van der Waals surface area contributed by atoms with E-state index in [9.17, 15) is 14.4 Å². The molecule has 0 radical (unpaired) electrons. The fourth-order valence-corrected chi connectivity index (χ4v) is 4.86. The number of hydrogen-bond donors (Lipinski definition) is 1. The Labute approximate surface area is 210 Å². The maximum atomic E-state index is 12.7. The van der Waals surface area contributed by atoms with E-state index in [0.717, 1.165) is 32.0 Å². The summed E-state index contributed by atoms with van der Waals surface area (Å²) in [5, 5.41) is 2.89. The molecule has 4 rings (SSSR count). The van der Waals surface area contributed by atoms with Crippen molar-refractivity contribution in [1.29, 1.82) is 0 Å². The van der Waals surface area contributed by atoms with Gasteiger partial charge in [-0.05, 0) is 84.1 Å². The molecule has 172 valence electrons. The molecule has 0 unspecified atom stereocenters. The number of amides is 3. The van der Waals surface area contributed by atoms with E-state index in [-0.39, 0.29) is 11.4 Å². The van der Waals surface area contributed by atoms with E-state index in [1.165, 1.54) is 0 Å². The van der Waals surface area contributed by atoms with Gasteiger partial charge in [0.25, 0.3) is 11.1 Å². The number of halogens is 1. The molecule has 1 saturated heterocycles. The smallest absolute Gasteiger partial charge is 0.294 e. The summed E-state index contributed by atoms with van der Waals surface area (Å²) in [6.07, 6.45) is 1.66. The highest BCUT2D eigenvalue weighted by molar-refractivity contribution is 8.18. The van der Waals surface area contributed by atoms with Crippen molar-refractivity contribution in [3.8, 4) is 5.75 Å². The van der Waals surface area contributed by atoms with E-state index in [1.54, 1.807) is 49.2 Å². The van der Waals surface area contributed by atoms with Crippen molar-refractivity contribution in [2.45, 2.75) is 9.79 Å². The van der Waals surface area contributed by atoms with Gasteiger partial charge in [0.05, 0.1) is 12.0 Å². The lowest BCUT2D eigenvalue weighted by Crippen LogP contribution is -2.36. The molecule has 34 heavy (non-hydrogen) atoms. The number of nitrogens with zero attached hydrogens (tertiary/aromatic N) is 1. The standard InChI is InChI=1S/C25H19ClN2O4S2/c1-32-19-8-6-18(7-9-19)27-23(29)15-28-24(30)22(34-25(28)31)14-16-2-10-20(11-3-16)33-21-12-4-17(26)5-13-21/h2-14H,15H2,1H3,(H,27,29)/b22-14-. The molecule has 3 amide bonds. The molecule has 1 fully saturated rings. The van der Waals surface area contributed by atoms with E-state index in [1.807, 2.05) is 48.5 Å². The number of carbonyl (C=O) groups excluding carboxylic acids is 3. The van der Waals surface area contributed by atoms with Crippen LogP contribution in [-0.2, 0) is 9.59 Å². The largest absolute Gasteiger partial charge is 0.497 e. The fourth-order valence-electron chi connectivity index (χ4n) is 3.08. The van der Waals surface area contributed by atoms with Gasteiger partial charge in [-0.15, -0.1) is 0 Å². The maximum absolute atomic E-state index is 12.7. The van der Waals surface area contributed by atoms with Gasteiger partial charge in [0.1, 0.15) is 12.3 Å². The molecule has 0 saturated carbocycles. The minimum absolute atomic E-state index is 0.278. The molecule has 6 nitrogen and oxygen atoms in total. The molecule has 9 heteroatoms. The number of imide groups is 1. The summed E-state index contributed by atoms with van der Waals surface area (Å²) in [6, 6.07) is 22.0. The lowest BCUT2D eigenvalue weighted by atomic mass is 10.2. The first-order valence-electron chi connectivity index (χ1n) is 10.1. The summed E-state index contributed by atoms with van der Waals surface area (Å²) in [5.74, 6) is -0.289. The molecule has 1 aliphatic rings. The Balaban J connectivity index is 1.37. The number of anilines is 1. The first-order chi connectivity index (χ1) is 16.4. The van der Waals surface area contributed by atoms with Gasteiger partial charge in [-0.25, -0.2) is 0 Å². The van der Waals surface area contributed by atoms with Crippen molar-refractivity contribution in [1.82, 2.24) is 4.90 Å². The van der Waals surface area contributed by atoms with E-state index < -0.39 is 17.1 Å². The Morgan fingerprint density at radius 1 is 1.00 bits per heavy atom. The molecule has 0 spiro atoms. The highest BCUT2D eigenvalue weighted by atomic mass is 35.5.